The average Bonchev–Trinajstić information content (AvgIpc) is 2.78. The summed E-state index contributed by atoms with van der Waals surface area (Å²) in [5.74, 6) is -0.0283. The number of allylic oxidation sites excluding steroid dienone is 2. The molecular formula is C23H32N6OS. The van der Waals surface area contributed by atoms with E-state index in [1.807, 2.05) is 18.9 Å². The highest BCUT2D eigenvalue weighted by molar-refractivity contribution is 8.00. The van der Waals surface area contributed by atoms with Crippen molar-refractivity contribution < 1.29 is 4.79 Å². The van der Waals surface area contributed by atoms with Crippen LogP contribution in [0.4, 0.5) is 5.82 Å². The maximum absolute atomic E-state index is 12.1. The summed E-state index contributed by atoms with van der Waals surface area (Å²) >= 11 is 1.12. The minimum absolute atomic E-state index is 0.315. The number of hydrogen-bond acceptors (Lipinski definition) is 7. The van der Waals surface area contributed by atoms with Gasteiger partial charge < -0.3 is 15.5 Å². The van der Waals surface area contributed by atoms with Crippen molar-refractivity contribution in [2.75, 3.05) is 38.1 Å². The number of anilines is 1. The van der Waals surface area contributed by atoms with Gasteiger partial charge in [0.2, 0.25) is 5.91 Å². The van der Waals surface area contributed by atoms with Gasteiger partial charge in [-0.3, -0.25) is 4.79 Å². The monoisotopic (exact) mass is 440 g/mol. The lowest BCUT2D eigenvalue weighted by molar-refractivity contribution is -0.116. The second-order valence-electron chi connectivity index (χ2n) is 6.89. The number of hydrogen-bond donors (Lipinski definition) is 1. The van der Waals surface area contributed by atoms with Crippen LogP contribution in [0.3, 0.4) is 0 Å². The molecule has 0 spiro atoms. The third-order valence-corrected chi connectivity index (χ3v) is 6.45. The zero-order chi connectivity index (χ0) is 23.6. The Hall–Kier alpha value is -2.81. The van der Waals surface area contributed by atoms with Gasteiger partial charge in [0, 0.05) is 20.1 Å². The Morgan fingerprint density at radius 3 is 2.26 bits per heavy atom. The Bertz CT molecular complexity index is 908. The molecular weight excluding hydrogens is 408 g/mol. The van der Waals surface area contributed by atoms with Crippen LogP contribution in [0.1, 0.15) is 44.4 Å². The van der Waals surface area contributed by atoms with Crippen molar-refractivity contribution in [3.05, 3.63) is 41.0 Å². The smallest absolute Gasteiger partial charge is 0.235 e. The molecule has 0 fully saturated rings. The van der Waals surface area contributed by atoms with E-state index in [-0.39, 0.29) is 0 Å². The van der Waals surface area contributed by atoms with Crippen LogP contribution >= 0.6 is 11.8 Å². The van der Waals surface area contributed by atoms with Crippen molar-refractivity contribution in [2.24, 2.45) is 5.73 Å². The largest absolute Gasteiger partial charge is 0.368 e. The number of nitriles is 2. The van der Waals surface area contributed by atoms with Crippen LogP contribution in [-0.2, 0) is 11.2 Å². The second-order valence-corrected chi connectivity index (χ2v) is 7.98. The number of rotatable bonds is 12. The van der Waals surface area contributed by atoms with E-state index in [2.05, 4.69) is 42.4 Å². The molecule has 0 aliphatic carbocycles. The van der Waals surface area contributed by atoms with Gasteiger partial charge in [0.15, 0.2) is 0 Å². The zero-order valence-electron chi connectivity index (χ0n) is 19.1. The van der Waals surface area contributed by atoms with Gasteiger partial charge in [-0.25, -0.2) is 4.98 Å². The quantitative estimate of drug-likeness (QED) is 0.392. The molecule has 0 aromatic carbocycles. The Morgan fingerprint density at radius 1 is 1.23 bits per heavy atom. The van der Waals surface area contributed by atoms with Crippen LogP contribution in [0.15, 0.2) is 29.3 Å². The van der Waals surface area contributed by atoms with Gasteiger partial charge in [-0.05, 0) is 37.6 Å². The van der Waals surface area contributed by atoms with Gasteiger partial charge in [-0.1, -0.05) is 51.3 Å². The van der Waals surface area contributed by atoms with Gasteiger partial charge >= 0.3 is 0 Å². The predicted molar refractivity (Wildman–Crippen MR) is 127 cm³/mol. The summed E-state index contributed by atoms with van der Waals surface area (Å²) in [5, 5.41) is 19.4. The molecule has 7 nitrogen and oxygen atoms in total. The molecule has 0 aliphatic heterocycles. The van der Waals surface area contributed by atoms with E-state index in [0.717, 1.165) is 31.4 Å². The van der Waals surface area contributed by atoms with E-state index in [1.54, 1.807) is 19.1 Å². The molecule has 1 atom stereocenters. The molecule has 1 unspecified atom stereocenters. The van der Waals surface area contributed by atoms with Crippen LogP contribution in [-0.4, -0.2) is 54.3 Å². The summed E-state index contributed by atoms with van der Waals surface area (Å²) < 4.78 is 0. The number of thioether (sulfide) groups is 1. The number of amides is 1. The Kier molecular flexibility index (Phi) is 10.8. The summed E-state index contributed by atoms with van der Waals surface area (Å²) in [5.41, 5.74) is 7.64. The Balaban J connectivity index is 3.57. The summed E-state index contributed by atoms with van der Waals surface area (Å²) in [6, 6.07) is 4.42. The second kappa shape index (κ2) is 12.8. The predicted octanol–water partition coefficient (Wildman–Crippen LogP) is 3.24. The number of primary amides is 1. The van der Waals surface area contributed by atoms with Crippen LogP contribution in [0.25, 0.3) is 0 Å². The summed E-state index contributed by atoms with van der Waals surface area (Å²) in [7, 11) is 1.89. The van der Waals surface area contributed by atoms with Crippen molar-refractivity contribution >= 4 is 23.5 Å². The highest BCUT2D eigenvalue weighted by Crippen LogP contribution is 2.35. The number of nitrogens with two attached hydrogens (primary N) is 1. The molecule has 1 amide bonds. The fourth-order valence-electron chi connectivity index (χ4n) is 3.26. The fraction of sp³-hybridized carbons (Fsp3) is 0.478. The van der Waals surface area contributed by atoms with Crippen molar-refractivity contribution in [1.29, 1.82) is 10.5 Å². The van der Waals surface area contributed by atoms with Crippen LogP contribution in [0.2, 0.25) is 0 Å². The number of carbonyl (C=O) groups excluding carboxylic acids is 1. The van der Waals surface area contributed by atoms with Gasteiger partial charge in [-0.2, -0.15) is 10.5 Å². The fourth-order valence-corrected chi connectivity index (χ4v) is 4.39. The lowest BCUT2D eigenvalue weighted by Gasteiger charge is -2.26. The molecule has 1 rings (SSSR count). The molecule has 1 aromatic rings. The normalized spacial score (nSPS) is 12.2. The van der Waals surface area contributed by atoms with E-state index in [0.29, 0.717) is 46.1 Å². The zero-order valence-corrected chi connectivity index (χ0v) is 19.9. The van der Waals surface area contributed by atoms with Crippen molar-refractivity contribution in [3.8, 4) is 12.1 Å². The molecule has 2 N–H and O–H groups in total. The molecule has 0 saturated carbocycles. The van der Waals surface area contributed by atoms with E-state index in [9.17, 15) is 15.3 Å². The third-order valence-electron chi connectivity index (χ3n) is 5.19. The molecule has 166 valence electrons. The highest BCUT2D eigenvalue weighted by atomic mass is 32.2. The first kappa shape index (κ1) is 26.2. The number of nitrogens with zero attached hydrogens (tertiary/aromatic N) is 5. The van der Waals surface area contributed by atoms with Gasteiger partial charge in [0.1, 0.15) is 28.2 Å². The highest BCUT2D eigenvalue weighted by Gasteiger charge is 2.26. The molecule has 0 radical (unpaired) electrons. The van der Waals surface area contributed by atoms with Crippen LogP contribution < -0.4 is 10.6 Å². The summed E-state index contributed by atoms with van der Waals surface area (Å²) in [4.78, 5) is 21.0. The molecule has 0 saturated heterocycles. The number of aromatic nitrogens is 1. The number of likely N-dealkylation sites (N-methyl/N-ethyl adjacent to an activating group) is 2. The lowest BCUT2D eigenvalue weighted by atomic mass is 10.0. The first-order chi connectivity index (χ1) is 14.8. The molecule has 31 heavy (non-hydrogen) atoms. The first-order valence-electron chi connectivity index (χ1n) is 10.4. The van der Waals surface area contributed by atoms with E-state index >= 15 is 0 Å². The van der Waals surface area contributed by atoms with Gasteiger partial charge in [-0.15, -0.1) is 0 Å². The molecule has 0 bridgehead atoms. The standard InChI is InChI=1S/C23H32N6OS/c1-7-16(8-2)20(21(26)30)31-23-19(15-25)17(9-3)18(14-24)22(27-23)28(6)12-13-29(10-4)11-5/h7-8,20H,1,9-13H2,2-6H3,(H2,26,30)/b16-8+. The maximum atomic E-state index is 12.1. The summed E-state index contributed by atoms with van der Waals surface area (Å²) in [6.07, 6.45) is 3.84. The van der Waals surface area contributed by atoms with E-state index in [1.165, 1.54) is 0 Å². The van der Waals surface area contributed by atoms with E-state index in [4.69, 9.17) is 5.73 Å². The Labute approximate surface area is 190 Å². The summed E-state index contributed by atoms with van der Waals surface area (Å²) in [6.45, 7) is 15.0. The average molecular weight is 441 g/mol. The molecule has 8 heteroatoms. The molecule has 0 aliphatic rings. The van der Waals surface area contributed by atoms with Crippen molar-refractivity contribution in [2.45, 2.75) is 44.4 Å². The number of carbonyl (C=O) groups is 1. The minimum atomic E-state index is -0.728. The SMILES string of the molecule is C=C/C(=C\C)C(Sc1nc(N(C)CCN(CC)CC)c(C#N)c(CC)c1C#N)C(N)=O. The topological polar surface area (TPSA) is 110 Å². The van der Waals surface area contributed by atoms with Crippen molar-refractivity contribution in [1.82, 2.24) is 9.88 Å². The maximum Gasteiger partial charge on any atom is 0.235 e. The molecule has 1 aromatic heterocycles. The van der Waals surface area contributed by atoms with E-state index < -0.39 is 11.2 Å². The first-order valence-corrected chi connectivity index (χ1v) is 11.3. The van der Waals surface area contributed by atoms with Crippen LogP contribution in [0.5, 0.6) is 0 Å². The minimum Gasteiger partial charge on any atom is -0.368 e. The van der Waals surface area contributed by atoms with Gasteiger partial charge in [0.05, 0.1) is 11.1 Å². The van der Waals surface area contributed by atoms with Crippen LogP contribution in [0, 0.1) is 22.7 Å². The third kappa shape index (κ3) is 6.33. The molecule has 1 heterocycles. The van der Waals surface area contributed by atoms with Gasteiger partial charge in [0.25, 0.3) is 0 Å². The van der Waals surface area contributed by atoms with Crippen molar-refractivity contribution in [3.63, 3.8) is 0 Å². The lowest BCUT2D eigenvalue weighted by Crippen LogP contribution is -2.34. The number of pyridine rings is 1. The Morgan fingerprint density at radius 2 is 1.84 bits per heavy atom.